The molecule has 0 radical (unpaired) electrons. The second kappa shape index (κ2) is 5.77. The molecule has 4 rings (SSSR count). The Labute approximate surface area is 128 Å². The van der Waals surface area contributed by atoms with Crippen LogP contribution in [0.4, 0.5) is 0 Å². The van der Waals surface area contributed by atoms with Crippen LogP contribution in [0.15, 0.2) is 10.5 Å². The Bertz CT molecular complexity index is 491. The van der Waals surface area contributed by atoms with Crippen molar-refractivity contribution in [2.75, 3.05) is 6.54 Å². The summed E-state index contributed by atoms with van der Waals surface area (Å²) in [5, 5.41) is 3.54. The van der Waals surface area contributed by atoms with Gasteiger partial charge in [-0.3, -0.25) is 4.90 Å². The van der Waals surface area contributed by atoms with E-state index in [0.29, 0.717) is 0 Å². The first-order valence-corrected chi connectivity index (χ1v) is 8.85. The van der Waals surface area contributed by atoms with Gasteiger partial charge in [-0.25, -0.2) is 0 Å². The monoisotopic (exact) mass is 288 g/mol. The predicted molar refractivity (Wildman–Crippen MR) is 84.1 cm³/mol. The first kappa shape index (κ1) is 13.8. The lowest BCUT2D eigenvalue weighted by molar-refractivity contribution is 0.175. The normalized spacial score (nSPS) is 29.8. The number of fused-ring (bicyclic) bond motifs is 1. The molecule has 2 unspecified atom stereocenters. The van der Waals surface area contributed by atoms with Crippen LogP contribution in [0.5, 0.6) is 0 Å². The number of nitrogens with one attached hydrogen (secondary N) is 1. The van der Waals surface area contributed by atoms with Crippen molar-refractivity contribution in [3.05, 3.63) is 23.2 Å². The van der Waals surface area contributed by atoms with E-state index in [1.807, 2.05) is 0 Å². The molecule has 2 atom stereocenters. The summed E-state index contributed by atoms with van der Waals surface area (Å²) in [4.78, 5) is 2.72. The fourth-order valence-corrected chi connectivity index (χ4v) is 4.28. The lowest BCUT2D eigenvalue weighted by Crippen LogP contribution is -2.34. The second-order valence-electron chi connectivity index (χ2n) is 7.32. The Balaban J connectivity index is 1.39. The van der Waals surface area contributed by atoms with Crippen molar-refractivity contribution in [2.24, 2.45) is 5.92 Å². The van der Waals surface area contributed by atoms with E-state index in [-0.39, 0.29) is 0 Å². The summed E-state index contributed by atoms with van der Waals surface area (Å²) in [6.45, 7) is 5.41. The van der Waals surface area contributed by atoms with Gasteiger partial charge in [0.1, 0.15) is 11.5 Å². The third-order valence-electron chi connectivity index (χ3n) is 5.71. The summed E-state index contributed by atoms with van der Waals surface area (Å²) in [6, 6.07) is 3.89. The lowest BCUT2D eigenvalue weighted by atomic mass is 9.85. The lowest BCUT2D eigenvalue weighted by Gasteiger charge is -2.31. The van der Waals surface area contributed by atoms with Crippen LogP contribution in [-0.4, -0.2) is 23.5 Å². The molecule has 2 saturated carbocycles. The van der Waals surface area contributed by atoms with Crippen molar-refractivity contribution in [1.29, 1.82) is 0 Å². The molecule has 3 nitrogen and oxygen atoms in total. The molecule has 116 valence electrons. The molecule has 0 bridgehead atoms. The molecule has 0 amide bonds. The molecule has 3 fully saturated rings. The summed E-state index contributed by atoms with van der Waals surface area (Å²) in [5.74, 6) is 3.22. The third kappa shape index (κ3) is 3.04. The van der Waals surface area contributed by atoms with E-state index in [1.54, 1.807) is 0 Å². The number of nitrogens with zero attached hydrogens (tertiary/aromatic N) is 1. The first-order chi connectivity index (χ1) is 10.3. The smallest absolute Gasteiger partial charge is 0.118 e. The van der Waals surface area contributed by atoms with Gasteiger partial charge in [-0.1, -0.05) is 12.8 Å². The highest BCUT2D eigenvalue weighted by Gasteiger charge is 2.35. The van der Waals surface area contributed by atoms with Crippen LogP contribution < -0.4 is 5.32 Å². The third-order valence-corrected chi connectivity index (χ3v) is 5.71. The predicted octanol–water partition coefficient (Wildman–Crippen LogP) is 3.60. The van der Waals surface area contributed by atoms with Crippen molar-refractivity contribution in [3.63, 3.8) is 0 Å². The average molecular weight is 288 g/mol. The summed E-state index contributed by atoms with van der Waals surface area (Å²) in [7, 11) is 0. The summed E-state index contributed by atoms with van der Waals surface area (Å²) >= 11 is 0. The Kier molecular flexibility index (Phi) is 3.80. The van der Waals surface area contributed by atoms with Crippen LogP contribution in [0.3, 0.4) is 0 Å². The fraction of sp³-hybridized carbons (Fsp3) is 0.778. The maximum Gasteiger partial charge on any atom is 0.118 e. The van der Waals surface area contributed by atoms with Crippen molar-refractivity contribution in [2.45, 2.75) is 77.0 Å². The van der Waals surface area contributed by atoms with Gasteiger partial charge in [0.15, 0.2) is 0 Å². The van der Waals surface area contributed by atoms with Gasteiger partial charge < -0.3 is 9.73 Å². The van der Waals surface area contributed by atoms with Crippen molar-refractivity contribution >= 4 is 0 Å². The van der Waals surface area contributed by atoms with E-state index in [2.05, 4.69) is 23.2 Å². The van der Waals surface area contributed by atoms with Gasteiger partial charge in [-0.05, 0) is 57.6 Å². The number of furan rings is 1. The fourth-order valence-electron chi connectivity index (χ4n) is 4.28. The van der Waals surface area contributed by atoms with Gasteiger partial charge in [0, 0.05) is 24.2 Å². The maximum atomic E-state index is 5.95. The van der Waals surface area contributed by atoms with E-state index in [0.717, 1.165) is 42.6 Å². The molecular weight excluding hydrogens is 260 g/mol. The number of likely N-dealkylation sites (tertiary alicyclic amines) is 1. The molecule has 1 saturated heterocycles. The van der Waals surface area contributed by atoms with Crippen molar-refractivity contribution in [3.8, 4) is 0 Å². The second-order valence-corrected chi connectivity index (χ2v) is 7.32. The largest absolute Gasteiger partial charge is 0.465 e. The van der Waals surface area contributed by atoms with E-state index in [4.69, 9.17) is 4.42 Å². The topological polar surface area (TPSA) is 28.4 Å². The highest BCUT2D eigenvalue weighted by Crippen LogP contribution is 2.37. The molecule has 3 aliphatic rings. The minimum Gasteiger partial charge on any atom is -0.465 e. The summed E-state index contributed by atoms with van der Waals surface area (Å²) < 4.78 is 5.95. The molecule has 21 heavy (non-hydrogen) atoms. The molecule has 0 aromatic carbocycles. The van der Waals surface area contributed by atoms with Crippen molar-refractivity contribution in [1.82, 2.24) is 10.2 Å². The molecule has 1 N–H and O–H groups in total. The standard InChI is InChI=1S/C18H28N2O/c1-13-15(10-17(21-13)11-19-16-6-7-16)12-20-9-8-14-4-2-3-5-18(14)20/h10,14,16,18-19H,2-9,11-12H2,1H3. The Morgan fingerprint density at radius 1 is 1.19 bits per heavy atom. The number of hydrogen-bond acceptors (Lipinski definition) is 3. The Hall–Kier alpha value is -0.800. The van der Waals surface area contributed by atoms with Gasteiger partial charge in [0.2, 0.25) is 0 Å². The number of rotatable bonds is 5. The minimum absolute atomic E-state index is 0.750. The molecule has 3 heteroatoms. The van der Waals surface area contributed by atoms with Gasteiger partial charge >= 0.3 is 0 Å². The molecular formula is C18H28N2O. The average Bonchev–Trinajstić information content (AvgIpc) is 3.15. The molecule has 2 heterocycles. The highest BCUT2D eigenvalue weighted by molar-refractivity contribution is 5.21. The van der Waals surface area contributed by atoms with Gasteiger partial charge in [0.25, 0.3) is 0 Å². The maximum absolute atomic E-state index is 5.95. The quantitative estimate of drug-likeness (QED) is 0.897. The van der Waals surface area contributed by atoms with Crippen molar-refractivity contribution < 1.29 is 4.42 Å². The first-order valence-electron chi connectivity index (χ1n) is 8.85. The number of aryl methyl sites for hydroxylation is 1. The minimum atomic E-state index is 0.750. The summed E-state index contributed by atoms with van der Waals surface area (Å²) in [6.07, 6.45) is 9.85. The molecule has 0 spiro atoms. The zero-order chi connectivity index (χ0) is 14.2. The Morgan fingerprint density at radius 3 is 2.90 bits per heavy atom. The van der Waals surface area contributed by atoms with Crippen LogP contribution in [0.25, 0.3) is 0 Å². The van der Waals surface area contributed by atoms with Gasteiger partial charge in [-0.15, -0.1) is 0 Å². The zero-order valence-electron chi connectivity index (χ0n) is 13.2. The molecule has 1 aliphatic heterocycles. The SMILES string of the molecule is Cc1oc(CNC2CC2)cc1CN1CCC2CCCCC21. The van der Waals surface area contributed by atoms with E-state index in [9.17, 15) is 0 Å². The number of hydrogen-bond donors (Lipinski definition) is 1. The van der Waals surface area contributed by atoms with Gasteiger partial charge in [-0.2, -0.15) is 0 Å². The van der Waals surface area contributed by atoms with Crippen LogP contribution >= 0.6 is 0 Å². The van der Waals surface area contributed by atoms with E-state index >= 15 is 0 Å². The zero-order valence-corrected chi connectivity index (χ0v) is 13.2. The highest BCUT2D eigenvalue weighted by atomic mass is 16.3. The molecule has 1 aromatic heterocycles. The Morgan fingerprint density at radius 2 is 2.05 bits per heavy atom. The van der Waals surface area contributed by atoms with E-state index < -0.39 is 0 Å². The molecule has 1 aromatic rings. The summed E-state index contributed by atoms with van der Waals surface area (Å²) in [5.41, 5.74) is 1.41. The molecule has 2 aliphatic carbocycles. The van der Waals surface area contributed by atoms with Gasteiger partial charge in [0.05, 0.1) is 6.54 Å². The van der Waals surface area contributed by atoms with E-state index in [1.165, 1.54) is 57.1 Å². The van der Waals surface area contributed by atoms with Crippen LogP contribution in [0.1, 0.15) is 62.0 Å². The van der Waals surface area contributed by atoms with Crippen LogP contribution in [0.2, 0.25) is 0 Å². The van der Waals surface area contributed by atoms with Crippen LogP contribution in [0, 0.1) is 12.8 Å². The van der Waals surface area contributed by atoms with Crippen LogP contribution in [-0.2, 0) is 13.1 Å².